The number of aromatic nitrogens is 4. The van der Waals surface area contributed by atoms with Gasteiger partial charge in [-0.1, -0.05) is 6.08 Å². The van der Waals surface area contributed by atoms with E-state index in [-0.39, 0.29) is 10.6 Å². The van der Waals surface area contributed by atoms with E-state index in [4.69, 9.17) is 8.22 Å². The Kier molecular flexibility index (Phi) is 3.77. The molecule has 3 aromatic heterocycles. The molecule has 0 fully saturated rings. The van der Waals surface area contributed by atoms with Gasteiger partial charge in [0.05, 0.1) is 18.1 Å². The highest BCUT2D eigenvalue weighted by Crippen LogP contribution is 2.27. The SMILES string of the molecule is [2H]C([2H])([2H])N(C(=O)c1cnc(C2=CCN(Cc3cc4c(Br)ccnc4n3C)CC2)cn1)C([2H])([2H])[2H]. The van der Waals surface area contributed by atoms with E-state index in [2.05, 4.69) is 46.4 Å². The van der Waals surface area contributed by atoms with Crippen molar-refractivity contribution in [3.8, 4) is 0 Å². The van der Waals surface area contributed by atoms with E-state index in [1.807, 2.05) is 19.2 Å². The Morgan fingerprint density at radius 1 is 1.31 bits per heavy atom. The fourth-order valence-electron chi connectivity index (χ4n) is 3.43. The zero-order valence-electron chi connectivity index (χ0n) is 21.8. The monoisotopic (exact) mass is 460 g/mol. The van der Waals surface area contributed by atoms with Crippen LogP contribution in [0, 0.1) is 0 Å². The first-order valence-corrected chi connectivity index (χ1v) is 9.83. The third-order valence-electron chi connectivity index (χ3n) is 5.06. The smallest absolute Gasteiger partial charge is 0.273 e. The summed E-state index contributed by atoms with van der Waals surface area (Å²) in [6.07, 6.45) is 7.03. The summed E-state index contributed by atoms with van der Waals surface area (Å²) in [5.74, 6) is -1.22. The average molecular weight is 461 g/mol. The first kappa shape index (κ1) is 13.6. The highest BCUT2D eigenvalue weighted by molar-refractivity contribution is 9.10. The third-order valence-corrected chi connectivity index (χ3v) is 5.75. The second-order valence-electron chi connectivity index (χ2n) is 6.87. The van der Waals surface area contributed by atoms with Crippen LogP contribution in [0.1, 0.15) is 36.5 Å². The number of aryl methyl sites for hydroxylation is 1. The van der Waals surface area contributed by atoms with Crippen LogP contribution >= 0.6 is 15.9 Å². The van der Waals surface area contributed by atoms with Crippen LogP contribution < -0.4 is 0 Å². The molecule has 0 saturated heterocycles. The van der Waals surface area contributed by atoms with Crippen molar-refractivity contribution < 1.29 is 13.0 Å². The predicted molar refractivity (Wildman–Crippen MR) is 116 cm³/mol. The van der Waals surface area contributed by atoms with Crippen molar-refractivity contribution in [2.45, 2.75) is 13.0 Å². The second-order valence-corrected chi connectivity index (χ2v) is 7.72. The van der Waals surface area contributed by atoms with Crippen LogP contribution in [-0.4, -0.2) is 62.3 Å². The van der Waals surface area contributed by atoms with E-state index >= 15 is 0 Å². The molecule has 29 heavy (non-hydrogen) atoms. The van der Waals surface area contributed by atoms with E-state index < -0.39 is 19.9 Å². The number of nitrogens with zero attached hydrogens (tertiary/aromatic N) is 6. The Balaban J connectivity index is 1.45. The first-order valence-electron chi connectivity index (χ1n) is 12.0. The van der Waals surface area contributed by atoms with Crippen molar-refractivity contribution in [1.82, 2.24) is 29.3 Å². The molecule has 7 nitrogen and oxygen atoms in total. The summed E-state index contributed by atoms with van der Waals surface area (Å²) >= 11 is 3.58. The summed E-state index contributed by atoms with van der Waals surface area (Å²) in [5, 5.41) is 1.07. The van der Waals surface area contributed by atoms with Crippen molar-refractivity contribution in [1.29, 1.82) is 0 Å². The van der Waals surface area contributed by atoms with Gasteiger partial charge in [0, 0.05) is 70.6 Å². The van der Waals surface area contributed by atoms with Gasteiger partial charge in [0.25, 0.3) is 5.91 Å². The molecule has 0 radical (unpaired) electrons. The van der Waals surface area contributed by atoms with E-state index in [0.717, 1.165) is 46.1 Å². The van der Waals surface area contributed by atoms with Crippen molar-refractivity contribution in [3.05, 3.63) is 58.4 Å². The summed E-state index contributed by atoms with van der Waals surface area (Å²) in [4.78, 5) is 27.4. The van der Waals surface area contributed by atoms with Crippen molar-refractivity contribution in [3.63, 3.8) is 0 Å². The summed E-state index contributed by atoms with van der Waals surface area (Å²) in [5.41, 5.74) is 3.25. The molecule has 0 atom stereocenters. The summed E-state index contributed by atoms with van der Waals surface area (Å²) in [7, 11) is 2.00. The van der Waals surface area contributed by atoms with Crippen LogP contribution in [0.15, 0.2) is 41.3 Å². The van der Waals surface area contributed by atoms with E-state index in [9.17, 15) is 4.79 Å². The number of fused-ring (bicyclic) bond motifs is 1. The van der Waals surface area contributed by atoms with Gasteiger partial charge in [-0.25, -0.2) is 9.97 Å². The molecule has 1 aliphatic rings. The van der Waals surface area contributed by atoms with Gasteiger partial charge in [-0.15, -0.1) is 0 Å². The highest BCUT2D eigenvalue weighted by atomic mass is 79.9. The molecular weight excluding hydrogens is 432 g/mol. The quantitative estimate of drug-likeness (QED) is 0.598. The largest absolute Gasteiger partial charge is 0.343 e. The van der Waals surface area contributed by atoms with Gasteiger partial charge in [-0.3, -0.25) is 14.7 Å². The summed E-state index contributed by atoms with van der Waals surface area (Å²) < 4.78 is 47.4. The predicted octanol–water partition coefficient (Wildman–Crippen LogP) is 3.12. The van der Waals surface area contributed by atoms with Gasteiger partial charge in [-0.05, 0) is 40.1 Å². The number of amides is 1. The molecule has 0 spiro atoms. The average Bonchev–Trinajstić information content (AvgIpc) is 3.09. The minimum absolute atomic E-state index is 0.123. The maximum atomic E-state index is 12.5. The molecule has 0 saturated carbocycles. The lowest BCUT2D eigenvalue weighted by Gasteiger charge is -2.26. The van der Waals surface area contributed by atoms with Gasteiger partial charge in [0.15, 0.2) is 0 Å². The van der Waals surface area contributed by atoms with Gasteiger partial charge in [0.2, 0.25) is 0 Å². The van der Waals surface area contributed by atoms with Gasteiger partial charge < -0.3 is 9.47 Å². The van der Waals surface area contributed by atoms with Crippen LogP contribution in [0.2, 0.25) is 0 Å². The first-order chi connectivity index (χ1) is 16.4. The van der Waals surface area contributed by atoms with E-state index in [1.165, 1.54) is 6.20 Å². The zero-order valence-corrected chi connectivity index (χ0v) is 17.3. The fourth-order valence-corrected chi connectivity index (χ4v) is 3.84. The Morgan fingerprint density at radius 3 is 2.83 bits per heavy atom. The van der Waals surface area contributed by atoms with E-state index in [1.54, 1.807) is 6.20 Å². The number of hydrogen-bond donors (Lipinski definition) is 0. The van der Waals surface area contributed by atoms with Crippen LogP contribution in [0.25, 0.3) is 16.6 Å². The van der Waals surface area contributed by atoms with Crippen molar-refractivity contribution in [2.24, 2.45) is 7.05 Å². The molecule has 150 valence electrons. The number of carbonyl (C=O) groups excluding carboxylic acids is 1. The molecule has 0 aliphatic carbocycles. The fraction of sp³-hybridized carbons (Fsp3) is 0.333. The highest BCUT2D eigenvalue weighted by Gasteiger charge is 2.18. The maximum absolute atomic E-state index is 12.5. The van der Waals surface area contributed by atoms with Crippen molar-refractivity contribution in [2.75, 3.05) is 27.0 Å². The van der Waals surface area contributed by atoms with Crippen LogP contribution in [0.3, 0.4) is 0 Å². The van der Waals surface area contributed by atoms with Crippen LogP contribution in [0.5, 0.6) is 0 Å². The number of pyridine rings is 1. The number of rotatable bonds is 4. The minimum Gasteiger partial charge on any atom is -0.343 e. The Labute approximate surface area is 186 Å². The standard InChI is InChI=1S/C21H23BrN6O/c1-26(2)21(29)19-12-24-18(11-25-19)14-5-8-28(9-6-14)13-15-10-16-17(22)4-7-23-20(16)27(15)3/h4-5,7,10-12H,6,8-9,13H2,1-3H3/i1D3,2D3. The minimum atomic E-state index is -3.13. The molecule has 0 bridgehead atoms. The zero-order chi connectivity index (χ0) is 25.5. The van der Waals surface area contributed by atoms with Gasteiger partial charge >= 0.3 is 0 Å². The molecule has 0 unspecified atom stereocenters. The van der Waals surface area contributed by atoms with Crippen LogP contribution in [0.4, 0.5) is 0 Å². The summed E-state index contributed by atoms with van der Waals surface area (Å²) in [6, 6.07) is 4.06. The molecule has 0 N–H and O–H groups in total. The Bertz CT molecular complexity index is 1270. The molecule has 0 aromatic carbocycles. The molecular formula is C21H23BrN6O. The Morgan fingerprint density at radius 2 is 2.17 bits per heavy atom. The molecule has 3 aromatic rings. The number of carbonyl (C=O) groups is 1. The topological polar surface area (TPSA) is 67.2 Å². The summed E-state index contributed by atoms with van der Waals surface area (Å²) in [6.45, 7) is -4.03. The molecule has 4 heterocycles. The molecule has 1 aliphatic heterocycles. The Hall–Kier alpha value is -2.58. The lowest BCUT2D eigenvalue weighted by atomic mass is 10.0. The molecule has 4 rings (SSSR count). The number of halogens is 1. The van der Waals surface area contributed by atoms with Crippen LogP contribution in [-0.2, 0) is 13.6 Å². The molecule has 1 amide bonds. The lowest BCUT2D eigenvalue weighted by molar-refractivity contribution is 0.0821. The third kappa shape index (κ3) is 3.95. The van der Waals surface area contributed by atoms with Gasteiger partial charge in [-0.2, -0.15) is 0 Å². The second kappa shape index (κ2) is 8.04. The van der Waals surface area contributed by atoms with E-state index in [0.29, 0.717) is 18.7 Å². The maximum Gasteiger partial charge on any atom is 0.273 e. The van der Waals surface area contributed by atoms with Crippen molar-refractivity contribution >= 4 is 38.4 Å². The normalized spacial score (nSPS) is 18.8. The number of hydrogen-bond acceptors (Lipinski definition) is 5. The molecule has 8 heteroatoms. The lowest BCUT2D eigenvalue weighted by Crippen LogP contribution is -2.29. The van der Waals surface area contributed by atoms with Gasteiger partial charge in [0.1, 0.15) is 11.3 Å².